The second-order valence-electron chi connectivity index (χ2n) is 4.48. The molecule has 5 nitrogen and oxygen atoms in total. The summed E-state index contributed by atoms with van der Waals surface area (Å²) >= 11 is 0. The van der Waals surface area contributed by atoms with Crippen molar-refractivity contribution < 1.29 is 19.8 Å². The second-order valence-corrected chi connectivity index (χ2v) is 4.48. The Labute approximate surface area is 105 Å². The lowest BCUT2D eigenvalue weighted by Gasteiger charge is -2.16. The highest BCUT2D eigenvalue weighted by Gasteiger charge is 2.29. The van der Waals surface area contributed by atoms with Gasteiger partial charge in [0.15, 0.2) is 0 Å². The molecule has 5 heteroatoms. The standard InChI is InChI=1S/C13H15NO4/c15-11-3-1-9(2-4-11)5-6-14-8-10(13(17)18)7-12(14)16/h1-4,10,15H,5-8H2,(H,17,18)/p-1. The molecule has 1 unspecified atom stereocenters. The first-order valence-electron chi connectivity index (χ1n) is 5.83. The average molecular weight is 248 g/mol. The molecule has 0 bridgehead atoms. The first-order valence-corrected chi connectivity index (χ1v) is 5.83. The highest BCUT2D eigenvalue weighted by molar-refractivity contribution is 5.85. The molecule has 0 radical (unpaired) electrons. The van der Waals surface area contributed by atoms with Crippen LogP contribution in [0.2, 0.25) is 0 Å². The number of aliphatic carboxylic acids is 1. The van der Waals surface area contributed by atoms with Crippen LogP contribution in [0.1, 0.15) is 12.0 Å². The molecule has 96 valence electrons. The molecule has 1 fully saturated rings. The van der Waals surface area contributed by atoms with Crippen molar-refractivity contribution in [2.75, 3.05) is 13.1 Å². The van der Waals surface area contributed by atoms with E-state index in [0.29, 0.717) is 13.0 Å². The summed E-state index contributed by atoms with van der Waals surface area (Å²) in [5, 5.41) is 19.8. The van der Waals surface area contributed by atoms with Gasteiger partial charge in [-0.15, -0.1) is 0 Å². The van der Waals surface area contributed by atoms with Gasteiger partial charge in [0, 0.05) is 31.4 Å². The number of carboxylic acid groups (broad SMARTS) is 1. The van der Waals surface area contributed by atoms with Crippen LogP contribution < -0.4 is 5.11 Å². The van der Waals surface area contributed by atoms with E-state index in [1.165, 1.54) is 0 Å². The first kappa shape index (κ1) is 12.4. The molecule has 0 aliphatic carbocycles. The van der Waals surface area contributed by atoms with Crippen molar-refractivity contribution >= 4 is 11.9 Å². The molecule has 2 rings (SSSR count). The minimum atomic E-state index is -1.16. The van der Waals surface area contributed by atoms with Gasteiger partial charge in [-0.25, -0.2) is 0 Å². The first-order chi connectivity index (χ1) is 8.56. The van der Waals surface area contributed by atoms with Crippen molar-refractivity contribution in [2.24, 2.45) is 5.92 Å². The number of amides is 1. The van der Waals surface area contributed by atoms with Crippen molar-refractivity contribution in [1.29, 1.82) is 0 Å². The summed E-state index contributed by atoms with van der Waals surface area (Å²) in [7, 11) is 0. The minimum Gasteiger partial charge on any atom is -0.550 e. The van der Waals surface area contributed by atoms with Gasteiger partial charge in [0.05, 0.1) is 0 Å². The highest BCUT2D eigenvalue weighted by Crippen LogP contribution is 2.18. The largest absolute Gasteiger partial charge is 0.550 e. The third-order valence-corrected chi connectivity index (χ3v) is 3.15. The zero-order chi connectivity index (χ0) is 13.1. The maximum atomic E-state index is 11.6. The maximum absolute atomic E-state index is 11.6. The summed E-state index contributed by atoms with van der Waals surface area (Å²) in [6, 6.07) is 6.74. The van der Waals surface area contributed by atoms with Gasteiger partial charge in [0.1, 0.15) is 5.75 Å². The Morgan fingerprint density at radius 3 is 2.61 bits per heavy atom. The summed E-state index contributed by atoms with van der Waals surface area (Å²) < 4.78 is 0. The van der Waals surface area contributed by atoms with Crippen LogP contribution in [0.5, 0.6) is 5.75 Å². The van der Waals surface area contributed by atoms with Crippen molar-refractivity contribution in [3.8, 4) is 5.75 Å². The molecule has 1 N–H and O–H groups in total. The van der Waals surface area contributed by atoms with E-state index in [1.54, 1.807) is 29.2 Å². The molecule has 0 saturated carbocycles. The smallest absolute Gasteiger partial charge is 0.223 e. The minimum absolute atomic E-state index is 0.0396. The van der Waals surface area contributed by atoms with Crippen molar-refractivity contribution in [1.82, 2.24) is 4.90 Å². The lowest BCUT2D eigenvalue weighted by atomic mass is 10.1. The number of hydrogen-bond donors (Lipinski definition) is 1. The Hall–Kier alpha value is -2.04. The van der Waals surface area contributed by atoms with Gasteiger partial charge in [-0.2, -0.15) is 0 Å². The maximum Gasteiger partial charge on any atom is 0.223 e. The molecule has 1 amide bonds. The second kappa shape index (κ2) is 5.08. The zero-order valence-electron chi connectivity index (χ0n) is 9.83. The predicted octanol–water partition coefficient (Wildman–Crippen LogP) is -0.467. The molecule has 1 heterocycles. The molecule has 0 aromatic heterocycles. The third-order valence-electron chi connectivity index (χ3n) is 3.15. The fraction of sp³-hybridized carbons (Fsp3) is 0.385. The van der Waals surface area contributed by atoms with Crippen LogP contribution in [0.25, 0.3) is 0 Å². The number of carbonyl (C=O) groups is 2. The summed E-state index contributed by atoms with van der Waals surface area (Å²) in [5.74, 6) is -1.77. The van der Waals surface area contributed by atoms with E-state index < -0.39 is 11.9 Å². The number of phenolic OH excluding ortho intramolecular Hbond substituents is 1. The Morgan fingerprint density at radius 2 is 2.06 bits per heavy atom. The van der Waals surface area contributed by atoms with E-state index in [9.17, 15) is 14.7 Å². The van der Waals surface area contributed by atoms with Gasteiger partial charge in [-0.05, 0) is 24.1 Å². The van der Waals surface area contributed by atoms with E-state index in [0.717, 1.165) is 5.56 Å². The average Bonchev–Trinajstić information content (AvgIpc) is 2.70. The van der Waals surface area contributed by atoms with Crippen LogP contribution in [-0.2, 0) is 16.0 Å². The van der Waals surface area contributed by atoms with Crippen LogP contribution in [0.4, 0.5) is 0 Å². The molecular weight excluding hydrogens is 234 g/mol. The molecule has 1 atom stereocenters. The van der Waals surface area contributed by atoms with E-state index in [2.05, 4.69) is 0 Å². The number of benzene rings is 1. The van der Waals surface area contributed by atoms with Crippen LogP contribution in [0, 0.1) is 5.92 Å². The van der Waals surface area contributed by atoms with Crippen LogP contribution >= 0.6 is 0 Å². The topological polar surface area (TPSA) is 80.7 Å². The number of phenols is 1. The van der Waals surface area contributed by atoms with Crippen LogP contribution in [0.3, 0.4) is 0 Å². The quantitative estimate of drug-likeness (QED) is 0.781. The fourth-order valence-corrected chi connectivity index (χ4v) is 2.07. The molecule has 1 aromatic carbocycles. The molecule has 18 heavy (non-hydrogen) atoms. The number of aromatic hydroxyl groups is 1. The van der Waals surface area contributed by atoms with E-state index in [1.807, 2.05) is 0 Å². The fourth-order valence-electron chi connectivity index (χ4n) is 2.07. The molecule has 1 aliphatic rings. The summed E-state index contributed by atoms with van der Waals surface area (Å²) in [6.07, 6.45) is 0.684. The van der Waals surface area contributed by atoms with Gasteiger partial charge in [-0.1, -0.05) is 12.1 Å². The molecule has 1 aromatic rings. The SMILES string of the molecule is O=C([O-])C1CC(=O)N(CCc2ccc(O)cc2)C1. The Morgan fingerprint density at radius 1 is 1.39 bits per heavy atom. The molecule has 1 saturated heterocycles. The monoisotopic (exact) mass is 248 g/mol. The van der Waals surface area contributed by atoms with E-state index in [4.69, 9.17) is 5.11 Å². The molecule has 0 spiro atoms. The van der Waals surface area contributed by atoms with Crippen molar-refractivity contribution in [3.05, 3.63) is 29.8 Å². The predicted molar refractivity (Wildman–Crippen MR) is 61.5 cm³/mol. The van der Waals surface area contributed by atoms with Crippen LogP contribution in [-0.4, -0.2) is 35.0 Å². The summed E-state index contributed by atoms with van der Waals surface area (Å²) in [6.45, 7) is 0.729. The van der Waals surface area contributed by atoms with E-state index >= 15 is 0 Å². The zero-order valence-corrected chi connectivity index (χ0v) is 9.83. The summed E-state index contributed by atoms with van der Waals surface area (Å²) in [5.41, 5.74) is 0.998. The number of carboxylic acids is 1. The van der Waals surface area contributed by atoms with Crippen molar-refractivity contribution in [3.63, 3.8) is 0 Å². The number of likely N-dealkylation sites (tertiary alicyclic amines) is 1. The Kier molecular flexibility index (Phi) is 3.50. The third kappa shape index (κ3) is 2.80. The number of nitrogens with zero attached hydrogens (tertiary/aromatic N) is 1. The number of carbonyl (C=O) groups excluding carboxylic acids is 2. The van der Waals surface area contributed by atoms with Gasteiger partial charge < -0.3 is 19.9 Å². The Balaban J connectivity index is 1.89. The van der Waals surface area contributed by atoms with Crippen molar-refractivity contribution in [2.45, 2.75) is 12.8 Å². The van der Waals surface area contributed by atoms with Crippen LogP contribution in [0.15, 0.2) is 24.3 Å². The molecular formula is C13H14NO4-. The summed E-state index contributed by atoms with van der Waals surface area (Å²) in [4.78, 5) is 23.8. The van der Waals surface area contributed by atoms with Gasteiger partial charge >= 0.3 is 0 Å². The van der Waals surface area contributed by atoms with Gasteiger partial charge in [0.25, 0.3) is 0 Å². The highest BCUT2D eigenvalue weighted by atomic mass is 16.4. The lowest BCUT2D eigenvalue weighted by Crippen LogP contribution is -2.34. The lowest BCUT2D eigenvalue weighted by molar-refractivity contribution is -0.311. The molecule has 1 aliphatic heterocycles. The van der Waals surface area contributed by atoms with E-state index in [-0.39, 0.29) is 24.6 Å². The normalized spacial score (nSPS) is 19.2. The number of hydrogen-bond acceptors (Lipinski definition) is 4. The number of rotatable bonds is 4. The van der Waals surface area contributed by atoms with Gasteiger partial charge in [-0.3, -0.25) is 4.79 Å². The van der Waals surface area contributed by atoms with Gasteiger partial charge in [0.2, 0.25) is 5.91 Å². The Bertz CT molecular complexity index is 455.